The molecule has 0 aromatic rings. The van der Waals surface area contributed by atoms with Gasteiger partial charge in [-0.05, 0) is 32.1 Å². The van der Waals surface area contributed by atoms with Gasteiger partial charge in [-0.25, -0.2) is 9.59 Å². The monoisotopic (exact) mass is 270 g/mol. The minimum atomic E-state index is -0.892. The molecule has 5 heteroatoms. The van der Waals surface area contributed by atoms with Gasteiger partial charge in [0.15, 0.2) is 0 Å². The molecule has 0 aromatic carbocycles. The summed E-state index contributed by atoms with van der Waals surface area (Å²) in [6.45, 7) is 6.63. The van der Waals surface area contributed by atoms with E-state index in [4.69, 9.17) is 0 Å². The molecule has 2 N–H and O–H groups in total. The largest absolute Gasteiger partial charge is 0.480 e. The highest BCUT2D eigenvalue weighted by Gasteiger charge is 2.35. The lowest BCUT2D eigenvalue weighted by molar-refractivity contribution is -0.144. The molecule has 1 fully saturated rings. The first kappa shape index (κ1) is 15.8. The fraction of sp³-hybridized carbons (Fsp3) is 0.857. The number of piperidine rings is 1. The number of carboxylic acid groups (broad SMARTS) is 1. The topological polar surface area (TPSA) is 69.6 Å². The summed E-state index contributed by atoms with van der Waals surface area (Å²) in [5.74, 6) is -0.477. The molecule has 0 saturated carbocycles. The highest BCUT2D eigenvalue weighted by atomic mass is 16.4. The lowest BCUT2D eigenvalue weighted by Crippen LogP contribution is -2.54. The second-order valence-corrected chi connectivity index (χ2v) is 5.49. The Bertz CT molecular complexity index is 320. The van der Waals surface area contributed by atoms with Crippen molar-refractivity contribution in [2.75, 3.05) is 6.54 Å². The molecule has 3 atom stereocenters. The third-order valence-corrected chi connectivity index (χ3v) is 3.93. The summed E-state index contributed by atoms with van der Waals surface area (Å²) in [5.41, 5.74) is 0. The Labute approximate surface area is 115 Å². The number of hydrogen-bond acceptors (Lipinski definition) is 2. The molecule has 1 heterocycles. The number of carbonyl (C=O) groups excluding carboxylic acids is 1. The van der Waals surface area contributed by atoms with Gasteiger partial charge in [0.05, 0.1) is 0 Å². The number of aliphatic carboxylic acids is 1. The summed E-state index contributed by atoms with van der Waals surface area (Å²) >= 11 is 0. The first-order valence-corrected chi connectivity index (χ1v) is 7.29. The number of hydrogen-bond donors (Lipinski definition) is 2. The van der Waals surface area contributed by atoms with Crippen molar-refractivity contribution in [2.45, 2.75) is 65.0 Å². The third-order valence-electron chi connectivity index (χ3n) is 3.93. The van der Waals surface area contributed by atoms with E-state index in [2.05, 4.69) is 19.2 Å². The fourth-order valence-electron chi connectivity index (χ4n) is 2.69. The van der Waals surface area contributed by atoms with Crippen molar-refractivity contribution in [1.82, 2.24) is 10.2 Å². The lowest BCUT2D eigenvalue weighted by Gasteiger charge is -2.37. The first-order chi connectivity index (χ1) is 8.99. The van der Waals surface area contributed by atoms with Crippen molar-refractivity contribution in [2.24, 2.45) is 5.92 Å². The minimum absolute atomic E-state index is 0.0934. The summed E-state index contributed by atoms with van der Waals surface area (Å²) in [5, 5.41) is 12.2. The van der Waals surface area contributed by atoms with Gasteiger partial charge in [0.1, 0.15) is 6.04 Å². The third kappa shape index (κ3) is 4.40. The maximum Gasteiger partial charge on any atom is 0.326 e. The second kappa shape index (κ2) is 7.36. The minimum Gasteiger partial charge on any atom is -0.480 e. The number of urea groups is 1. The quantitative estimate of drug-likeness (QED) is 0.806. The van der Waals surface area contributed by atoms with Gasteiger partial charge in [0.25, 0.3) is 0 Å². The van der Waals surface area contributed by atoms with Crippen LogP contribution >= 0.6 is 0 Å². The molecule has 0 radical (unpaired) electrons. The number of nitrogens with one attached hydrogen (secondary N) is 1. The molecule has 0 aromatic heterocycles. The van der Waals surface area contributed by atoms with Crippen LogP contribution in [-0.2, 0) is 4.79 Å². The Morgan fingerprint density at radius 1 is 1.42 bits per heavy atom. The zero-order valence-electron chi connectivity index (χ0n) is 12.2. The number of amides is 2. The van der Waals surface area contributed by atoms with Gasteiger partial charge in [-0.2, -0.15) is 0 Å². The second-order valence-electron chi connectivity index (χ2n) is 5.49. The highest BCUT2D eigenvalue weighted by molar-refractivity contribution is 5.83. The van der Waals surface area contributed by atoms with E-state index in [0.29, 0.717) is 18.9 Å². The van der Waals surface area contributed by atoms with Crippen molar-refractivity contribution < 1.29 is 14.7 Å². The zero-order chi connectivity index (χ0) is 14.4. The van der Waals surface area contributed by atoms with Gasteiger partial charge < -0.3 is 15.3 Å². The summed E-state index contributed by atoms with van der Waals surface area (Å²) in [4.78, 5) is 25.0. The van der Waals surface area contributed by atoms with Crippen LogP contribution in [0.25, 0.3) is 0 Å². The van der Waals surface area contributed by atoms with Crippen molar-refractivity contribution in [1.29, 1.82) is 0 Å². The molecule has 2 amide bonds. The van der Waals surface area contributed by atoms with E-state index in [1.54, 1.807) is 0 Å². The van der Waals surface area contributed by atoms with E-state index < -0.39 is 12.0 Å². The molecule has 1 saturated heterocycles. The number of rotatable bonds is 5. The van der Waals surface area contributed by atoms with Gasteiger partial charge in [0, 0.05) is 12.6 Å². The van der Waals surface area contributed by atoms with Crippen LogP contribution in [-0.4, -0.2) is 40.6 Å². The number of carbonyl (C=O) groups is 2. The summed E-state index contributed by atoms with van der Waals surface area (Å²) in [6, 6.07) is -0.814. The Hall–Kier alpha value is -1.26. The van der Waals surface area contributed by atoms with Crippen LogP contribution in [0.5, 0.6) is 0 Å². The fourth-order valence-corrected chi connectivity index (χ4v) is 2.69. The van der Waals surface area contributed by atoms with Gasteiger partial charge in [-0.3, -0.25) is 0 Å². The Morgan fingerprint density at radius 3 is 2.63 bits per heavy atom. The number of nitrogens with zero attached hydrogens (tertiary/aromatic N) is 1. The lowest BCUT2D eigenvalue weighted by atomic mass is 9.89. The van der Waals surface area contributed by atoms with E-state index in [0.717, 1.165) is 25.7 Å². The van der Waals surface area contributed by atoms with Crippen molar-refractivity contribution in [3.05, 3.63) is 0 Å². The maximum atomic E-state index is 12.1. The number of likely N-dealkylation sites (tertiary alicyclic amines) is 1. The Morgan fingerprint density at radius 2 is 2.11 bits per heavy atom. The summed E-state index contributed by atoms with van der Waals surface area (Å²) < 4.78 is 0. The van der Waals surface area contributed by atoms with Crippen molar-refractivity contribution in [3.8, 4) is 0 Å². The van der Waals surface area contributed by atoms with Crippen LogP contribution in [0.15, 0.2) is 0 Å². The first-order valence-electron chi connectivity index (χ1n) is 7.29. The molecular weight excluding hydrogens is 244 g/mol. The summed E-state index contributed by atoms with van der Waals surface area (Å²) in [7, 11) is 0. The molecule has 0 bridgehead atoms. The van der Waals surface area contributed by atoms with Crippen LogP contribution < -0.4 is 5.32 Å². The molecule has 0 aliphatic carbocycles. The molecule has 1 rings (SSSR count). The summed E-state index contributed by atoms with van der Waals surface area (Å²) in [6.07, 6.45) is 4.36. The molecule has 1 aliphatic rings. The average molecular weight is 270 g/mol. The normalized spacial score (nSPS) is 24.9. The van der Waals surface area contributed by atoms with Crippen LogP contribution in [0.2, 0.25) is 0 Å². The van der Waals surface area contributed by atoms with Crippen LogP contribution in [0.3, 0.4) is 0 Å². The maximum absolute atomic E-state index is 12.1. The van der Waals surface area contributed by atoms with Crippen molar-refractivity contribution in [3.63, 3.8) is 0 Å². The molecule has 19 heavy (non-hydrogen) atoms. The molecule has 3 unspecified atom stereocenters. The van der Waals surface area contributed by atoms with Crippen LogP contribution in [0.1, 0.15) is 52.9 Å². The molecule has 0 spiro atoms. The Kier molecular flexibility index (Phi) is 6.12. The molecule has 110 valence electrons. The predicted molar refractivity (Wildman–Crippen MR) is 74.0 cm³/mol. The van der Waals surface area contributed by atoms with E-state index in [9.17, 15) is 14.7 Å². The van der Waals surface area contributed by atoms with Gasteiger partial charge in [-0.15, -0.1) is 0 Å². The van der Waals surface area contributed by atoms with E-state index in [1.807, 2.05) is 6.92 Å². The molecule has 1 aliphatic heterocycles. The van der Waals surface area contributed by atoms with Crippen LogP contribution in [0, 0.1) is 5.92 Å². The zero-order valence-corrected chi connectivity index (χ0v) is 12.2. The molecule has 5 nitrogen and oxygen atoms in total. The predicted octanol–water partition coefficient (Wildman–Crippen LogP) is 2.46. The standard InChI is InChI=1S/C14H26N2O3/c1-4-6-10(3)15-14(19)16-8-7-11(5-2)9-12(16)13(17)18/h10-12H,4-9H2,1-3H3,(H,15,19)(H,17,18). The number of carboxylic acids is 1. The van der Waals surface area contributed by atoms with E-state index >= 15 is 0 Å². The average Bonchev–Trinajstić information content (AvgIpc) is 2.38. The van der Waals surface area contributed by atoms with Crippen LogP contribution in [0.4, 0.5) is 4.79 Å². The van der Waals surface area contributed by atoms with Crippen molar-refractivity contribution >= 4 is 12.0 Å². The molecular formula is C14H26N2O3. The smallest absolute Gasteiger partial charge is 0.326 e. The van der Waals surface area contributed by atoms with Gasteiger partial charge in [-0.1, -0.05) is 26.7 Å². The van der Waals surface area contributed by atoms with E-state index in [1.165, 1.54) is 4.90 Å². The van der Waals surface area contributed by atoms with Gasteiger partial charge in [0.2, 0.25) is 0 Å². The van der Waals surface area contributed by atoms with E-state index in [-0.39, 0.29) is 12.1 Å². The van der Waals surface area contributed by atoms with Gasteiger partial charge >= 0.3 is 12.0 Å². The Balaban J connectivity index is 2.63. The SMILES string of the molecule is CCCC(C)NC(=O)N1CCC(CC)CC1C(=O)O. The highest BCUT2D eigenvalue weighted by Crippen LogP contribution is 2.25.